The Kier molecular flexibility index (Phi) is 6.36. The van der Waals surface area contributed by atoms with Crippen LogP contribution in [0.3, 0.4) is 0 Å². The predicted molar refractivity (Wildman–Crippen MR) is 71.5 cm³/mol. The van der Waals surface area contributed by atoms with Crippen LogP contribution < -0.4 is 4.72 Å². The molecule has 1 rings (SSSR count). The van der Waals surface area contributed by atoms with Crippen molar-refractivity contribution in [3.8, 4) is 0 Å². The number of morpholine rings is 1. The van der Waals surface area contributed by atoms with E-state index in [1.54, 1.807) is 0 Å². The van der Waals surface area contributed by atoms with Gasteiger partial charge in [0, 0.05) is 24.5 Å². The van der Waals surface area contributed by atoms with Gasteiger partial charge in [-0.25, -0.2) is 0 Å². The van der Waals surface area contributed by atoms with Gasteiger partial charge in [-0.15, -0.1) is 0 Å². The number of hydrogen-bond acceptors (Lipinski definition) is 3. The molecular formula is C10H21BrN2O3S. The van der Waals surface area contributed by atoms with Crippen LogP contribution in [-0.4, -0.2) is 50.4 Å². The Morgan fingerprint density at radius 1 is 1.35 bits per heavy atom. The third-order valence-corrected chi connectivity index (χ3v) is 4.94. The molecule has 1 atom stereocenters. The van der Waals surface area contributed by atoms with Crippen molar-refractivity contribution >= 4 is 26.1 Å². The summed E-state index contributed by atoms with van der Waals surface area (Å²) in [5, 5.41) is 0.793. The van der Waals surface area contributed by atoms with E-state index >= 15 is 0 Å². The molecule has 0 aromatic carbocycles. The fourth-order valence-electron chi connectivity index (χ4n) is 1.70. The van der Waals surface area contributed by atoms with Crippen LogP contribution in [-0.2, 0) is 14.9 Å². The van der Waals surface area contributed by atoms with E-state index in [1.165, 1.54) is 4.31 Å². The van der Waals surface area contributed by atoms with Gasteiger partial charge < -0.3 is 4.74 Å². The summed E-state index contributed by atoms with van der Waals surface area (Å²) in [7, 11) is -3.37. The lowest BCUT2D eigenvalue weighted by Gasteiger charge is -2.29. The number of nitrogens with zero attached hydrogens (tertiary/aromatic N) is 1. The first-order valence-corrected chi connectivity index (χ1v) is 8.44. The van der Waals surface area contributed by atoms with E-state index in [0.717, 1.165) is 11.8 Å². The Bertz CT molecular complexity index is 316. The standard InChI is InChI=1S/C10H21BrN2O3S/c1-9(2)10(3-4-11)12-17(14,15)13-5-7-16-8-6-13/h9-10,12H,3-8H2,1-2H3. The second-order valence-electron chi connectivity index (χ2n) is 4.46. The van der Waals surface area contributed by atoms with Crippen molar-refractivity contribution in [1.29, 1.82) is 0 Å². The number of nitrogens with one attached hydrogen (secondary N) is 1. The molecule has 1 N–H and O–H groups in total. The van der Waals surface area contributed by atoms with Gasteiger partial charge in [0.25, 0.3) is 10.2 Å². The highest BCUT2D eigenvalue weighted by Gasteiger charge is 2.27. The van der Waals surface area contributed by atoms with Crippen molar-refractivity contribution in [3.05, 3.63) is 0 Å². The van der Waals surface area contributed by atoms with E-state index in [0.29, 0.717) is 26.3 Å². The van der Waals surface area contributed by atoms with Crippen molar-refractivity contribution in [2.24, 2.45) is 5.92 Å². The SMILES string of the molecule is CC(C)C(CCBr)NS(=O)(=O)N1CCOCC1. The summed E-state index contributed by atoms with van der Waals surface area (Å²) in [6.07, 6.45) is 0.793. The molecule has 1 aliphatic heterocycles. The molecule has 1 fully saturated rings. The molecule has 17 heavy (non-hydrogen) atoms. The van der Waals surface area contributed by atoms with Gasteiger partial charge in [0.1, 0.15) is 0 Å². The maximum absolute atomic E-state index is 12.1. The second-order valence-corrected chi connectivity index (χ2v) is 6.96. The predicted octanol–water partition coefficient (Wildman–Crippen LogP) is 0.963. The van der Waals surface area contributed by atoms with Gasteiger partial charge in [-0.3, -0.25) is 0 Å². The smallest absolute Gasteiger partial charge is 0.279 e. The van der Waals surface area contributed by atoms with E-state index in [-0.39, 0.29) is 12.0 Å². The summed E-state index contributed by atoms with van der Waals surface area (Å²) in [4.78, 5) is 0. The number of rotatable bonds is 6. The highest BCUT2D eigenvalue weighted by Crippen LogP contribution is 2.12. The lowest BCUT2D eigenvalue weighted by molar-refractivity contribution is 0.0722. The Morgan fingerprint density at radius 3 is 2.41 bits per heavy atom. The quantitative estimate of drug-likeness (QED) is 0.739. The molecular weight excluding hydrogens is 308 g/mol. The van der Waals surface area contributed by atoms with Crippen LogP contribution in [0.25, 0.3) is 0 Å². The van der Waals surface area contributed by atoms with Crippen molar-refractivity contribution in [3.63, 3.8) is 0 Å². The average molecular weight is 329 g/mol. The summed E-state index contributed by atoms with van der Waals surface area (Å²) in [6.45, 7) is 5.88. The van der Waals surface area contributed by atoms with Crippen LogP contribution in [0.1, 0.15) is 20.3 Å². The van der Waals surface area contributed by atoms with Crippen LogP contribution in [0.4, 0.5) is 0 Å². The van der Waals surface area contributed by atoms with E-state index in [9.17, 15) is 8.42 Å². The molecule has 0 spiro atoms. The largest absolute Gasteiger partial charge is 0.379 e. The summed E-state index contributed by atoms with van der Waals surface area (Å²) in [6, 6.07) is -0.0257. The average Bonchev–Trinajstić information content (AvgIpc) is 2.29. The normalized spacial score (nSPS) is 20.7. The van der Waals surface area contributed by atoms with Crippen LogP contribution in [0.2, 0.25) is 0 Å². The maximum atomic E-state index is 12.1. The molecule has 1 heterocycles. The van der Waals surface area contributed by atoms with Crippen molar-refractivity contribution < 1.29 is 13.2 Å². The fraction of sp³-hybridized carbons (Fsp3) is 1.00. The highest BCUT2D eigenvalue weighted by atomic mass is 79.9. The molecule has 102 valence electrons. The fourth-order valence-corrected chi connectivity index (χ4v) is 3.74. The Morgan fingerprint density at radius 2 is 1.94 bits per heavy atom. The minimum Gasteiger partial charge on any atom is -0.379 e. The molecule has 0 saturated carbocycles. The first-order valence-electron chi connectivity index (χ1n) is 5.88. The van der Waals surface area contributed by atoms with E-state index in [4.69, 9.17) is 4.74 Å². The molecule has 7 heteroatoms. The van der Waals surface area contributed by atoms with Gasteiger partial charge >= 0.3 is 0 Å². The van der Waals surface area contributed by atoms with Crippen molar-refractivity contribution in [1.82, 2.24) is 9.03 Å². The maximum Gasteiger partial charge on any atom is 0.279 e. The highest BCUT2D eigenvalue weighted by molar-refractivity contribution is 9.09. The number of ether oxygens (including phenoxy) is 1. The molecule has 0 radical (unpaired) electrons. The van der Waals surface area contributed by atoms with Gasteiger partial charge in [-0.05, 0) is 12.3 Å². The zero-order valence-electron chi connectivity index (χ0n) is 10.4. The zero-order chi connectivity index (χ0) is 12.9. The molecule has 5 nitrogen and oxygen atoms in total. The van der Waals surface area contributed by atoms with E-state index in [2.05, 4.69) is 20.7 Å². The number of hydrogen-bond donors (Lipinski definition) is 1. The Balaban J connectivity index is 2.62. The number of halogens is 1. The summed E-state index contributed by atoms with van der Waals surface area (Å²) >= 11 is 3.35. The summed E-state index contributed by atoms with van der Waals surface area (Å²) in [5.41, 5.74) is 0. The summed E-state index contributed by atoms with van der Waals surface area (Å²) in [5.74, 6) is 0.281. The first kappa shape index (κ1) is 15.4. The second kappa shape index (κ2) is 7.04. The van der Waals surface area contributed by atoms with Crippen molar-refractivity contribution in [2.75, 3.05) is 31.6 Å². The first-order chi connectivity index (χ1) is 7.97. The van der Waals surface area contributed by atoms with Crippen LogP contribution in [0, 0.1) is 5.92 Å². The van der Waals surface area contributed by atoms with Gasteiger partial charge in [0.15, 0.2) is 0 Å². The van der Waals surface area contributed by atoms with Crippen LogP contribution in [0.15, 0.2) is 0 Å². The minimum atomic E-state index is -3.37. The van der Waals surface area contributed by atoms with Gasteiger partial charge in [-0.2, -0.15) is 17.4 Å². The van der Waals surface area contributed by atoms with Crippen molar-refractivity contribution in [2.45, 2.75) is 26.3 Å². The van der Waals surface area contributed by atoms with Crippen LogP contribution in [0.5, 0.6) is 0 Å². The monoisotopic (exact) mass is 328 g/mol. The lowest BCUT2D eigenvalue weighted by Crippen LogP contribution is -2.50. The Hall–Kier alpha value is 0.310. The zero-order valence-corrected chi connectivity index (χ0v) is 12.8. The lowest BCUT2D eigenvalue weighted by atomic mass is 10.0. The summed E-state index contributed by atoms with van der Waals surface area (Å²) < 4.78 is 33.6. The molecule has 0 aromatic rings. The van der Waals surface area contributed by atoms with Gasteiger partial charge in [-0.1, -0.05) is 29.8 Å². The van der Waals surface area contributed by atoms with Crippen LogP contribution >= 0.6 is 15.9 Å². The van der Waals surface area contributed by atoms with E-state index < -0.39 is 10.2 Å². The molecule has 1 unspecified atom stereocenters. The molecule has 0 aliphatic carbocycles. The third kappa shape index (κ3) is 4.82. The number of alkyl halides is 1. The molecule has 0 amide bonds. The topological polar surface area (TPSA) is 58.6 Å². The van der Waals surface area contributed by atoms with Gasteiger partial charge in [0.2, 0.25) is 0 Å². The molecule has 0 aromatic heterocycles. The molecule has 0 bridgehead atoms. The molecule has 1 aliphatic rings. The van der Waals surface area contributed by atoms with E-state index in [1.807, 2.05) is 13.8 Å². The Labute approximate surface area is 112 Å². The minimum absolute atomic E-state index is 0.0257. The van der Waals surface area contributed by atoms with Gasteiger partial charge in [0.05, 0.1) is 13.2 Å². The third-order valence-electron chi connectivity index (χ3n) is 2.84. The molecule has 1 saturated heterocycles.